The fourth-order valence-corrected chi connectivity index (χ4v) is 2.07. The summed E-state index contributed by atoms with van der Waals surface area (Å²) in [7, 11) is 0. The van der Waals surface area contributed by atoms with E-state index in [2.05, 4.69) is 0 Å². The molecule has 1 nitrogen and oxygen atoms in total. The Bertz CT molecular complexity index is 574. The molecule has 0 radical (unpaired) electrons. The highest BCUT2D eigenvalue weighted by molar-refractivity contribution is 6.34. The molecule has 0 fully saturated rings. The molecular weight excluding hydrogens is 312 g/mol. The lowest BCUT2D eigenvalue weighted by molar-refractivity contribution is -0.137. The third-order valence-corrected chi connectivity index (χ3v) is 2.96. The Morgan fingerprint density at radius 2 is 1.45 bits per heavy atom. The van der Waals surface area contributed by atoms with Gasteiger partial charge in [-0.1, -0.05) is 35.3 Å². The molecule has 2 rings (SSSR count). The van der Waals surface area contributed by atoms with Crippen molar-refractivity contribution in [2.45, 2.75) is 12.8 Å². The Hall–Kier alpha value is -1.39. The minimum absolute atomic E-state index is 0.134. The predicted octanol–water partition coefficient (Wildman–Crippen LogP) is 5.59. The van der Waals surface area contributed by atoms with Gasteiger partial charge in [0.15, 0.2) is 0 Å². The average Bonchev–Trinajstić information content (AvgIpc) is 2.35. The van der Waals surface area contributed by atoms with Gasteiger partial charge in [-0.05, 0) is 35.9 Å². The van der Waals surface area contributed by atoms with E-state index in [1.54, 1.807) is 18.2 Å². The van der Waals surface area contributed by atoms with E-state index in [0.29, 0.717) is 21.4 Å². The van der Waals surface area contributed by atoms with E-state index in [0.717, 1.165) is 12.1 Å². The van der Waals surface area contributed by atoms with Gasteiger partial charge in [0.2, 0.25) is 0 Å². The molecule has 6 heteroatoms. The first kappa shape index (κ1) is 15.0. The highest BCUT2D eigenvalue weighted by atomic mass is 35.5. The molecule has 0 amide bonds. The molecule has 2 aromatic carbocycles. The number of benzene rings is 2. The van der Waals surface area contributed by atoms with Crippen molar-refractivity contribution in [2.75, 3.05) is 0 Å². The third kappa shape index (κ3) is 4.05. The van der Waals surface area contributed by atoms with Crippen LogP contribution in [0, 0.1) is 0 Å². The topological polar surface area (TPSA) is 9.23 Å². The molecule has 0 aliphatic carbocycles. The van der Waals surface area contributed by atoms with Gasteiger partial charge in [-0.25, -0.2) is 0 Å². The zero-order valence-corrected chi connectivity index (χ0v) is 11.6. The maximum absolute atomic E-state index is 12.4. The Labute approximate surface area is 123 Å². The van der Waals surface area contributed by atoms with Crippen molar-refractivity contribution in [2.24, 2.45) is 0 Å². The monoisotopic (exact) mass is 320 g/mol. The van der Waals surface area contributed by atoms with Crippen molar-refractivity contribution in [3.8, 4) is 5.75 Å². The van der Waals surface area contributed by atoms with Crippen molar-refractivity contribution in [1.82, 2.24) is 0 Å². The number of hydrogen-bond acceptors (Lipinski definition) is 1. The molecule has 0 aliphatic rings. The molecule has 0 spiro atoms. The zero-order chi connectivity index (χ0) is 14.8. The van der Waals surface area contributed by atoms with Crippen molar-refractivity contribution in [3.05, 3.63) is 63.6 Å². The normalized spacial score (nSPS) is 11.4. The van der Waals surface area contributed by atoms with Crippen LogP contribution < -0.4 is 4.74 Å². The average molecular weight is 321 g/mol. The molecule has 0 bridgehead atoms. The minimum atomic E-state index is -4.33. The summed E-state index contributed by atoms with van der Waals surface area (Å²) in [6.45, 7) is 0.134. The van der Waals surface area contributed by atoms with Crippen LogP contribution in [-0.4, -0.2) is 0 Å². The summed E-state index contributed by atoms with van der Waals surface area (Å²) in [6, 6.07) is 9.50. The second-order valence-corrected chi connectivity index (χ2v) is 4.96. The van der Waals surface area contributed by atoms with Crippen LogP contribution >= 0.6 is 23.2 Å². The van der Waals surface area contributed by atoms with Gasteiger partial charge in [-0.15, -0.1) is 0 Å². The number of halogens is 5. The second-order valence-electron chi connectivity index (χ2n) is 4.09. The molecule has 0 aliphatic heterocycles. The molecule has 0 saturated heterocycles. The highest BCUT2D eigenvalue weighted by Gasteiger charge is 2.29. The number of rotatable bonds is 3. The molecule has 106 valence electrons. The van der Waals surface area contributed by atoms with Gasteiger partial charge in [0.05, 0.1) is 5.56 Å². The number of ether oxygens (including phenoxy) is 1. The van der Waals surface area contributed by atoms with E-state index in [1.807, 2.05) is 0 Å². The molecule has 20 heavy (non-hydrogen) atoms. The summed E-state index contributed by atoms with van der Waals surface area (Å²) in [5, 5.41) is 0.861. The van der Waals surface area contributed by atoms with Gasteiger partial charge in [0.25, 0.3) is 0 Å². The highest BCUT2D eigenvalue weighted by Crippen LogP contribution is 2.29. The standard InChI is InChI=1S/C14H9Cl2F3O/c15-11-5-12(16)7-13(6-11)20-8-9-1-3-10(4-2-9)14(17,18)19/h1-7H,8H2. The maximum Gasteiger partial charge on any atom is 0.416 e. The fourth-order valence-electron chi connectivity index (χ4n) is 1.57. The molecule has 0 aromatic heterocycles. The zero-order valence-electron chi connectivity index (χ0n) is 10.0. The maximum atomic E-state index is 12.4. The Morgan fingerprint density at radius 3 is 1.95 bits per heavy atom. The van der Waals surface area contributed by atoms with E-state index < -0.39 is 11.7 Å². The molecule has 0 saturated carbocycles. The van der Waals surface area contributed by atoms with Gasteiger partial charge in [0.1, 0.15) is 12.4 Å². The van der Waals surface area contributed by atoms with Crippen LogP contribution in [0.1, 0.15) is 11.1 Å². The van der Waals surface area contributed by atoms with Crippen LogP contribution in [0.5, 0.6) is 5.75 Å². The molecule has 0 atom stereocenters. The lowest BCUT2D eigenvalue weighted by Gasteiger charge is -2.09. The summed E-state index contributed by atoms with van der Waals surface area (Å²) in [5.74, 6) is 0.461. The fraction of sp³-hybridized carbons (Fsp3) is 0.143. The minimum Gasteiger partial charge on any atom is -0.489 e. The van der Waals surface area contributed by atoms with Gasteiger partial charge >= 0.3 is 6.18 Å². The first-order valence-electron chi connectivity index (χ1n) is 5.59. The van der Waals surface area contributed by atoms with Crippen molar-refractivity contribution < 1.29 is 17.9 Å². The first-order chi connectivity index (χ1) is 9.34. The van der Waals surface area contributed by atoms with Crippen LogP contribution in [0.25, 0.3) is 0 Å². The summed E-state index contributed by atoms with van der Waals surface area (Å²) in [6.07, 6.45) is -4.33. The van der Waals surface area contributed by atoms with Crippen LogP contribution in [0.4, 0.5) is 13.2 Å². The summed E-state index contributed by atoms with van der Waals surface area (Å²) < 4.78 is 42.6. The summed E-state index contributed by atoms with van der Waals surface area (Å²) in [4.78, 5) is 0. The Kier molecular flexibility index (Phi) is 4.45. The van der Waals surface area contributed by atoms with E-state index >= 15 is 0 Å². The molecule has 2 aromatic rings. The Balaban J connectivity index is 2.04. The van der Waals surface area contributed by atoms with Crippen molar-refractivity contribution in [3.63, 3.8) is 0 Å². The van der Waals surface area contributed by atoms with Gasteiger partial charge in [-0.3, -0.25) is 0 Å². The van der Waals surface area contributed by atoms with Crippen LogP contribution in [0.3, 0.4) is 0 Å². The predicted molar refractivity (Wildman–Crippen MR) is 72.2 cm³/mol. The van der Waals surface area contributed by atoms with Crippen LogP contribution in [-0.2, 0) is 12.8 Å². The van der Waals surface area contributed by atoms with Crippen LogP contribution in [0.2, 0.25) is 10.0 Å². The third-order valence-electron chi connectivity index (χ3n) is 2.52. The van der Waals surface area contributed by atoms with E-state index in [-0.39, 0.29) is 6.61 Å². The van der Waals surface area contributed by atoms with Crippen molar-refractivity contribution >= 4 is 23.2 Å². The largest absolute Gasteiger partial charge is 0.489 e. The molecular formula is C14H9Cl2F3O. The van der Waals surface area contributed by atoms with Gasteiger partial charge in [0, 0.05) is 10.0 Å². The molecule has 0 heterocycles. The number of hydrogen-bond donors (Lipinski definition) is 0. The smallest absolute Gasteiger partial charge is 0.416 e. The van der Waals surface area contributed by atoms with E-state index in [4.69, 9.17) is 27.9 Å². The van der Waals surface area contributed by atoms with Gasteiger partial charge in [-0.2, -0.15) is 13.2 Å². The molecule has 0 N–H and O–H groups in total. The summed E-state index contributed by atoms with van der Waals surface area (Å²) >= 11 is 11.6. The first-order valence-corrected chi connectivity index (χ1v) is 6.35. The van der Waals surface area contributed by atoms with Gasteiger partial charge < -0.3 is 4.74 Å². The summed E-state index contributed by atoms with van der Waals surface area (Å²) in [5.41, 5.74) is -0.0684. The van der Waals surface area contributed by atoms with E-state index in [1.165, 1.54) is 12.1 Å². The quantitative estimate of drug-likeness (QED) is 0.716. The number of alkyl halides is 3. The Morgan fingerprint density at radius 1 is 0.900 bits per heavy atom. The van der Waals surface area contributed by atoms with Crippen molar-refractivity contribution in [1.29, 1.82) is 0 Å². The molecule has 0 unspecified atom stereocenters. The van der Waals surface area contributed by atoms with Crippen LogP contribution in [0.15, 0.2) is 42.5 Å². The SMILES string of the molecule is FC(F)(F)c1ccc(COc2cc(Cl)cc(Cl)c2)cc1. The second kappa shape index (κ2) is 5.94. The lowest BCUT2D eigenvalue weighted by Crippen LogP contribution is -2.05. The lowest BCUT2D eigenvalue weighted by atomic mass is 10.1. The van der Waals surface area contributed by atoms with E-state index in [9.17, 15) is 13.2 Å².